The van der Waals surface area contributed by atoms with Gasteiger partial charge in [0.1, 0.15) is 12.3 Å². The Balaban J connectivity index is 1.16. The molecule has 2 aromatic heterocycles. The summed E-state index contributed by atoms with van der Waals surface area (Å²) in [6.07, 6.45) is 19.4. The van der Waals surface area contributed by atoms with Crippen molar-refractivity contribution in [3.63, 3.8) is 0 Å². The van der Waals surface area contributed by atoms with Crippen LogP contribution in [-0.2, 0) is 16.6 Å². The van der Waals surface area contributed by atoms with Gasteiger partial charge in [-0.1, -0.05) is 83.7 Å². The largest absolute Gasteiger partial charge is 0.301 e. The lowest BCUT2D eigenvalue weighted by Gasteiger charge is -2.35. The number of aldehydes is 1. The zero-order valence-corrected chi connectivity index (χ0v) is 27.6. The van der Waals surface area contributed by atoms with Crippen LogP contribution in [-0.4, -0.2) is 33.2 Å². The van der Waals surface area contributed by atoms with Crippen LogP contribution in [0, 0.1) is 17.8 Å². The first-order valence-corrected chi connectivity index (χ1v) is 17.2. The predicted octanol–water partition coefficient (Wildman–Crippen LogP) is 8.42. The second-order valence-corrected chi connectivity index (χ2v) is 14.9. The van der Waals surface area contributed by atoms with E-state index in [1.807, 2.05) is 42.7 Å². The SMILES string of the molecule is CCCC1CCC(C2CC=C(c3cnc(-c4ccc(C[C@@H](C=O)N(N)C(=O)c5ccc(C(C)(C)C)s5)cc4)nc3)CC2)CC1. The summed E-state index contributed by atoms with van der Waals surface area (Å²) in [7, 11) is 0. The van der Waals surface area contributed by atoms with Crippen molar-refractivity contribution in [3.8, 4) is 11.4 Å². The van der Waals surface area contributed by atoms with Gasteiger partial charge in [-0.15, -0.1) is 11.3 Å². The molecule has 2 heterocycles. The molecular formula is C37H48N4O2S. The lowest BCUT2D eigenvalue weighted by Crippen LogP contribution is -2.47. The molecule has 6 nitrogen and oxygen atoms in total. The first-order chi connectivity index (χ1) is 21.2. The highest BCUT2D eigenvalue weighted by Gasteiger charge is 2.29. The van der Waals surface area contributed by atoms with Crippen molar-refractivity contribution in [3.05, 3.63) is 75.7 Å². The quantitative estimate of drug-likeness (QED) is 0.107. The lowest BCUT2D eigenvalue weighted by molar-refractivity contribution is -0.111. The third-order valence-electron chi connectivity index (χ3n) is 9.69. The van der Waals surface area contributed by atoms with Crippen molar-refractivity contribution < 1.29 is 9.59 Å². The molecule has 1 unspecified atom stereocenters. The number of rotatable bonds is 10. The summed E-state index contributed by atoms with van der Waals surface area (Å²) in [6, 6.07) is 10.8. The zero-order chi connectivity index (χ0) is 31.3. The van der Waals surface area contributed by atoms with Crippen LogP contribution < -0.4 is 5.84 Å². The Labute approximate surface area is 267 Å². The van der Waals surface area contributed by atoms with E-state index in [0.717, 1.165) is 57.0 Å². The summed E-state index contributed by atoms with van der Waals surface area (Å²) in [4.78, 5) is 36.0. The standard InChI is InChI=1S/C37H48N4O2S/c1-5-6-25-7-11-27(12-8-25)28-15-17-29(18-16-28)31-22-39-35(40-23-31)30-13-9-26(10-14-30)21-32(24-42)41(38)36(43)33-19-20-34(44-33)37(2,3)4/h9-10,13-14,17,19-20,22-25,27-28,32H,5-8,11-12,15-16,18,21,38H2,1-4H3/t25?,27?,28?,32-/m0/s1. The molecular weight excluding hydrogens is 565 g/mol. The number of nitrogens with two attached hydrogens (primary N) is 1. The van der Waals surface area contributed by atoms with E-state index >= 15 is 0 Å². The summed E-state index contributed by atoms with van der Waals surface area (Å²) in [6.45, 7) is 8.63. The van der Waals surface area contributed by atoms with E-state index in [9.17, 15) is 9.59 Å². The number of amides is 1. The molecule has 0 spiro atoms. The molecule has 3 aromatic rings. The number of hydrazine groups is 1. The first kappa shape index (κ1) is 32.2. The minimum absolute atomic E-state index is 0.0537. The van der Waals surface area contributed by atoms with E-state index in [-0.39, 0.29) is 11.3 Å². The van der Waals surface area contributed by atoms with Crippen LogP contribution in [0.1, 0.15) is 111 Å². The van der Waals surface area contributed by atoms with Gasteiger partial charge in [-0.2, -0.15) is 0 Å². The summed E-state index contributed by atoms with van der Waals surface area (Å²) < 4.78 is 0. The number of aromatic nitrogens is 2. The van der Waals surface area contributed by atoms with Crippen molar-refractivity contribution in [1.82, 2.24) is 15.0 Å². The highest BCUT2D eigenvalue weighted by Crippen LogP contribution is 2.42. The second-order valence-electron chi connectivity index (χ2n) is 13.9. The fourth-order valence-electron chi connectivity index (χ4n) is 6.92. The van der Waals surface area contributed by atoms with E-state index in [1.165, 1.54) is 68.3 Å². The Kier molecular flexibility index (Phi) is 10.5. The monoisotopic (exact) mass is 612 g/mol. The van der Waals surface area contributed by atoms with Gasteiger partial charge in [0.15, 0.2) is 5.82 Å². The number of carbonyl (C=O) groups excluding carboxylic acids is 2. The average molecular weight is 613 g/mol. The molecule has 7 heteroatoms. The van der Waals surface area contributed by atoms with Crippen molar-refractivity contribution in [2.45, 2.75) is 103 Å². The third-order valence-corrected chi connectivity index (χ3v) is 11.2. The normalized spacial score (nSPS) is 21.4. The molecule has 2 aliphatic carbocycles. The molecule has 0 bridgehead atoms. The molecule has 1 amide bonds. The number of hydrogen-bond donors (Lipinski definition) is 1. The highest BCUT2D eigenvalue weighted by molar-refractivity contribution is 7.14. The van der Waals surface area contributed by atoms with Crippen LogP contribution in [0.15, 0.2) is 54.9 Å². The van der Waals surface area contributed by atoms with Gasteiger partial charge in [0, 0.05) is 34.8 Å². The maximum atomic E-state index is 13.0. The maximum Gasteiger partial charge on any atom is 0.278 e. The summed E-state index contributed by atoms with van der Waals surface area (Å²) in [5.74, 6) is 9.20. The van der Waals surface area contributed by atoms with E-state index in [4.69, 9.17) is 5.84 Å². The van der Waals surface area contributed by atoms with Gasteiger partial charge >= 0.3 is 0 Å². The third kappa shape index (κ3) is 7.73. The van der Waals surface area contributed by atoms with Crippen molar-refractivity contribution in [2.24, 2.45) is 23.6 Å². The van der Waals surface area contributed by atoms with Gasteiger partial charge < -0.3 is 4.79 Å². The molecule has 2 atom stereocenters. The Morgan fingerprint density at radius 1 is 1.00 bits per heavy atom. The van der Waals surface area contributed by atoms with Crippen LogP contribution in [0.5, 0.6) is 0 Å². The van der Waals surface area contributed by atoms with E-state index in [0.29, 0.717) is 17.1 Å². The number of hydrogen-bond acceptors (Lipinski definition) is 6. The van der Waals surface area contributed by atoms with E-state index in [2.05, 4.69) is 43.7 Å². The summed E-state index contributed by atoms with van der Waals surface area (Å²) >= 11 is 1.42. The molecule has 1 aromatic carbocycles. The minimum atomic E-state index is -0.761. The minimum Gasteiger partial charge on any atom is -0.301 e. The van der Waals surface area contributed by atoms with E-state index < -0.39 is 6.04 Å². The first-order valence-electron chi connectivity index (χ1n) is 16.4. The highest BCUT2D eigenvalue weighted by atomic mass is 32.1. The van der Waals surface area contributed by atoms with Gasteiger partial charge in [0.2, 0.25) is 0 Å². The van der Waals surface area contributed by atoms with Gasteiger partial charge in [0.05, 0.1) is 4.88 Å². The van der Waals surface area contributed by atoms with Crippen LogP contribution in [0.2, 0.25) is 0 Å². The predicted molar refractivity (Wildman–Crippen MR) is 180 cm³/mol. The van der Waals surface area contributed by atoms with Crippen LogP contribution >= 0.6 is 11.3 Å². The van der Waals surface area contributed by atoms with Crippen LogP contribution in [0.25, 0.3) is 17.0 Å². The van der Waals surface area contributed by atoms with Crippen molar-refractivity contribution in [1.29, 1.82) is 0 Å². The zero-order valence-electron chi connectivity index (χ0n) is 26.8. The van der Waals surface area contributed by atoms with Crippen molar-refractivity contribution in [2.75, 3.05) is 0 Å². The molecule has 1 saturated carbocycles. The second kappa shape index (κ2) is 14.3. The number of benzene rings is 1. The molecule has 0 saturated heterocycles. The molecule has 234 valence electrons. The summed E-state index contributed by atoms with van der Waals surface area (Å²) in [5, 5.41) is 1.06. The molecule has 0 aliphatic heterocycles. The number of nitrogens with zero attached hydrogens (tertiary/aromatic N) is 3. The maximum absolute atomic E-state index is 13.0. The van der Waals surface area contributed by atoms with Crippen LogP contribution in [0.3, 0.4) is 0 Å². The van der Waals surface area contributed by atoms with Crippen LogP contribution in [0.4, 0.5) is 0 Å². The Morgan fingerprint density at radius 3 is 2.27 bits per heavy atom. The number of thiophene rings is 1. The van der Waals surface area contributed by atoms with Gasteiger partial charge in [0.25, 0.3) is 5.91 Å². The Morgan fingerprint density at radius 2 is 1.70 bits per heavy atom. The smallest absolute Gasteiger partial charge is 0.278 e. The average Bonchev–Trinajstić information content (AvgIpc) is 3.56. The molecule has 2 aliphatic rings. The fraction of sp³-hybridized carbons (Fsp3) is 0.514. The lowest BCUT2D eigenvalue weighted by atomic mass is 9.70. The topological polar surface area (TPSA) is 89.2 Å². The molecule has 1 fully saturated rings. The summed E-state index contributed by atoms with van der Waals surface area (Å²) in [5.41, 5.74) is 4.27. The Bertz CT molecular complexity index is 1430. The van der Waals surface area contributed by atoms with Gasteiger partial charge in [-0.05, 0) is 78.5 Å². The molecule has 44 heavy (non-hydrogen) atoms. The van der Waals surface area contributed by atoms with Crippen molar-refractivity contribution >= 4 is 29.1 Å². The van der Waals surface area contributed by atoms with Gasteiger partial charge in [-0.25, -0.2) is 15.8 Å². The van der Waals surface area contributed by atoms with E-state index in [1.54, 1.807) is 6.07 Å². The molecule has 0 radical (unpaired) electrons. The number of allylic oxidation sites excluding steroid dienone is 2. The number of carbonyl (C=O) groups is 2. The molecule has 5 rings (SSSR count). The van der Waals surface area contributed by atoms with Gasteiger partial charge in [-0.3, -0.25) is 9.80 Å². The fourth-order valence-corrected chi connectivity index (χ4v) is 7.93. The molecule has 2 N–H and O–H groups in total. The Hall–Kier alpha value is -3.16.